The first-order valence-electron chi connectivity index (χ1n) is 6.07. The molecule has 0 fully saturated rings. The zero-order valence-corrected chi connectivity index (χ0v) is 11.2. The lowest BCUT2D eigenvalue weighted by molar-refractivity contribution is -0.384. The van der Waals surface area contributed by atoms with E-state index in [1.165, 1.54) is 6.07 Å². The van der Waals surface area contributed by atoms with Gasteiger partial charge in [0.1, 0.15) is 12.0 Å². The van der Waals surface area contributed by atoms with Crippen LogP contribution < -0.4 is 4.90 Å². The third-order valence-corrected chi connectivity index (χ3v) is 3.08. The lowest BCUT2D eigenvalue weighted by Crippen LogP contribution is -2.11. The molecule has 0 aliphatic heterocycles. The molecule has 2 rings (SSSR count). The van der Waals surface area contributed by atoms with Gasteiger partial charge in [0.05, 0.1) is 4.92 Å². The Morgan fingerprint density at radius 3 is 2.55 bits per heavy atom. The number of hydrogen-bond acceptors (Lipinski definition) is 4. The monoisotopic (exact) mass is 270 g/mol. The number of aldehydes is 1. The molecule has 0 N–H and O–H groups in total. The highest BCUT2D eigenvalue weighted by Gasteiger charge is 2.18. The van der Waals surface area contributed by atoms with Crippen molar-refractivity contribution >= 4 is 23.3 Å². The first-order chi connectivity index (χ1) is 9.52. The molecular formula is C15H14N2O3. The van der Waals surface area contributed by atoms with Crippen LogP contribution in [0.5, 0.6) is 0 Å². The second-order valence-corrected chi connectivity index (χ2v) is 4.52. The molecule has 0 bridgehead atoms. The lowest BCUT2D eigenvalue weighted by Gasteiger charge is -2.19. The fourth-order valence-electron chi connectivity index (χ4n) is 2.02. The summed E-state index contributed by atoms with van der Waals surface area (Å²) in [5.74, 6) is 0. The standard InChI is InChI=1S/C15H14N2O3/c1-11-4-3-5-13(8-11)16(2)14-7-6-12(10-18)9-15(14)17(19)20/h3-10H,1-2H3. The topological polar surface area (TPSA) is 63.5 Å². The highest BCUT2D eigenvalue weighted by molar-refractivity contribution is 5.81. The molecular weight excluding hydrogens is 256 g/mol. The average Bonchev–Trinajstić information content (AvgIpc) is 2.45. The van der Waals surface area contributed by atoms with Crippen molar-refractivity contribution in [1.29, 1.82) is 0 Å². The van der Waals surface area contributed by atoms with E-state index in [2.05, 4.69) is 0 Å². The van der Waals surface area contributed by atoms with Crippen LogP contribution in [-0.4, -0.2) is 18.3 Å². The van der Waals surface area contributed by atoms with Gasteiger partial charge in [-0.1, -0.05) is 12.1 Å². The molecule has 2 aromatic carbocycles. The van der Waals surface area contributed by atoms with Crippen LogP contribution in [0.15, 0.2) is 42.5 Å². The third-order valence-electron chi connectivity index (χ3n) is 3.08. The van der Waals surface area contributed by atoms with Gasteiger partial charge in [-0.2, -0.15) is 0 Å². The van der Waals surface area contributed by atoms with Gasteiger partial charge in [0.15, 0.2) is 0 Å². The molecule has 0 amide bonds. The fraction of sp³-hybridized carbons (Fsp3) is 0.133. The summed E-state index contributed by atoms with van der Waals surface area (Å²) in [4.78, 5) is 23.2. The van der Waals surface area contributed by atoms with E-state index >= 15 is 0 Å². The molecule has 0 aliphatic rings. The van der Waals surface area contributed by atoms with Crippen molar-refractivity contribution in [2.45, 2.75) is 6.92 Å². The molecule has 0 aliphatic carbocycles. The Morgan fingerprint density at radius 2 is 1.95 bits per heavy atom. The fourth-order valence-corrected chi connectivity index (χ4v) is 2.02. The average molecular weight is 270 g/mol. The van der Waals surface area contributed by atoms with E-state index in [9.17, 15) is 14.9 Å². The molecule has 20 heavy (non-hydrogen) atoms. The quantitative estimate of drug-likeness (QED) is 0.484. The Bertz CT molecular complexity index is 668. The molecule has 0 atom stereocenters. The van der Waals surface area contributed by atoms with Crippen LogP contribution in [0.1, 0.15) is 15.9 Å². The minimum atomic E-state index is -0.478. The van der Waals surface area contributed by atoms with E-state index in [0.29, 0.717) is 12.0 Å². The van der Waals surface area contributed by atoms with Gasteiger partial charge in [0.2, 0.25) is 0 Å². The Morgan fingerprint density at radius 1 is 1.20 bits per heavy atom. The minimum Gasteiger partial charge on any atom is -0.339 e. The van der Waals surface area contributed by atoms with Gasteiger partial charge in [0, 0.05) is 24.4 Å². The SMILES string of the molecule is Cc1cccc(N(C)c2ccc(C=O)cc2[N+](=O)[O-])c1. The summed E-state index contributed by atoms with van der Waals surface area (Å²) in [6.45, 7) is 1.96. The Balaban J connectivity index is 2.51. The maximum Gasteiger partial charge on any atom is 0.293 e. The third kappa shape index (κ3) is 2.66. The smallest absolute Gasteiger partial charge is 0.293 e. The van der Waals surface area contributed by atoms with Gasteiger partial charge in [-0.3, -0.25) is 14.9 Å². The number of hydrogen-bond donors (Lipinski definition) is 0. The van der Waals surface area contributed by atoms with Crippen molar-refractivity contribution in [2.75, 3.05) is 11.9 Å². The van der Waals surface area contributed by atoms with E-state index in [-0.39, 0.29) is 11.3 Å². The Labute approximate surface area is 116 Å². The van der Waals surface area contributed by atoms with Gasteiger partial charge in [-0.15, -0.1) is 0 Å². The Hall–Kier alpha value is -2.69. The minimum absolute atomic E-state index is 0.0846. The molecule has 102 valence electrons. The van der Waals surface area contributed by atoms with E-state index < -0.39 is 4.92 Å². The zero-order valence-electron chi connectivity index (χ0n) is 11.2. The number of benzene rings is 2. The maximum atomic E-state index is 11.2. The highest BCUT2D eigenvalue weighted by atomic mass is 16.6. The summed E-state index contributed by atoms with van der Waals surface area (Å²) in [5.41, 5.74) is 2.58. The summed E-state index contributed by atoms with van der Waals surface area (Å²) in [6, 6.07) is 12.1. The summed E-state index contributed by atoms with van der Waals surface area (Å²) < 4.78 is 0. The van der Waals surface area contributed by atoms with Crippen LogP contribution in [0, 0.1) is 17.0 Å². The zero-order chi connectivity index (χ0) is 14.7. The highest BCUT2D eigenvalue weighted by Crippen LogP contribution is 2.33. The van der Waals surface area contributed by atoms with Crippen LogP contribution in [0.3, 0.4) is 0 Å². The molecule has 2 aromatic rings. The van der Waals surface area contributed by atoms with Gasteiger partial charge in [-0.05, 0) is 36.8 Å². The van der Waals surface area contributed by atoms with Crippen LogP contribution in [0.2, 0.25) is 0 Å². The van der Waals surface area contributed by atoms with Crippen LogP contribution >= 0.6 is 0 Å². The number of nitrogens with zero attached hydrogens (tertiary/aromatic N) is 2. The molecule has 0 unspecified atom stereocenters. The number of carbonyl (C=O) groups is 1. The first kappa shape index (κ1) is 13.7. The first-order valence-corrected chi connectivity index (χ1v) is 6.07. The van der Waals surface area contributed by atoms with Crippen molar-refractivity contribution < 1.29 is 9.72 Å². The van der Waals surface area contributed by atoms with Crippen molar-refractivity contribution in [3.63, 3.8) is 0 Å². The van der Waals surface area contributed by atoms with Crippen molar-refractivity contribution in [2.24, 2.45) is 0 Å². The number of nitro benzene ring substituents is 1. The van der Waals surface area contributed by atoms with Crippen LogP contribution in [0.4, 0.5) is 17.1 Å². The molecule has 5 nitrogen and oxygen atoms in total. The molecule has 0 spiro atoms. The summed E-state index contributed by atoms with van der Waals surface area (Å²) in [7, 11) is 1.76. The molecule has 0 radical (unpaired) electrons. The Kier molecular flexibility index (Phi) is 3.79. The molecule has 0 heterocycles. The number of rotatable bonds is 4. The summed E-state index contributed by atoms with van der Waals surface area (Å²) in [5, 5.41) is 11.2. The van der Waals surface area contributed by atoms with E-state index in [0.717, 1.165) is 11.3 Å². The molecule has 5 heteroatoms. The number of carbonyl (C=O) groups excluding carboxylic acids is 1. The van der Waals surface area contributed by atoms with E-state index in [1.807, 2.05) is 31.2 Å². The van der Waals surface area contributed by atoms with Crippen molar-refractivity contribution in [1.82, 2.24) is 0 Å². The van der Waals surface area contributed by atoms with E-state index in [4.69, 9.17) is 0 Å². The number of nitro groups is 1. The van der Waals surface area contributed by atoms with Crippen molar-refractivity contribution in [3.05, 3.63) is 63.7 Å². The second kappa shape index (κ2) is 5.52. The van der Waals surface area contributed by atoms with Gasteiger partial charge in [0.25, 0.3) is 5.69 Å². The predicted molar refractivity (Wildman–Crippen MR) is 77.7 cm³/mol. The second-order valence-electron chi connectivity index (χ2n) is 4.52. The largest absolute Gasteiger partial charge is 0.339 e. The number of aryl methyl sites for hydroxylation is 1. The summed E-state index contributed by atoms with van der Waals surface area (Å²) >= 11 is 0. The molecule has 0 aromatic heterocycles. The lowest BCUT2D eigenvalue weighted by atomic mass is 10.1. The van der Waals surface area contributed by atoms with Gasteiger partial charge in [-0.25, -0.2) is 0 Å². The molecule has 0 saturated carbocycles. The normalized spacial score (nSPS) is 10.1. The summed E-state index contributed by atoms with van der Waals surface area (Å²) in [6.07, 6.45) is 0.601. The maximum absolute atomic E-state index is 11.2. The molecule has 0 saturated heterocycles. The predicted octanol–water partition coefficient (Wildman–Crippen LogP) is 3.48. The van der Waals surface area contributed by atoms with Gasteiger partial charge < -0.3 is 4.90 Å². The van der Waals surface area contributed by atoms with Crippen LogP contribution in [0.25, 0.3) is 0 Å². The van der Waals surface area contributed by atoms with Gasteiger partial charge >= 0.3 is 0 Å². The van der Waals surface area contributed by atoms with Crippen molar-refractivity contribution in [3.8, 4) is 0 Å². The van der Waals surface area contributed by atoms with E-state index in [1.54, 1.807) is 24.1 Å². The number of anilines is 2. The van der Waals surface area contributed by atoms with Crippen LogP contribution in [-0.2, 0) is 0 Å².